The van der Waals surface area contributed by atoms with Crippen LogP contribution in [0.3, 0.4) is 0 Å². The second kappa shape index (κ2) is 8.45. The third-order valence-electron chi connectivity index (χ3n) is 5.37. The van der Waals surface area contributed by atoms with Crippen LogP contribution in [0, 0.1) is 5.92 Å². The maximum Gasteiger partial charge on any atom is 0.128 e. The molecule has 0 nitrogen and oxygen atoms in total. The lowest BCUT2D eigenvalue weighted by Crippen LogP contribution is -2.06. The molecule has 1 aromatic rings. The van der Waals surface area contributed by atoms with E-state index in [-0.39, 0.29) is 0 Å². The molecule has 3 rings (SSSR count). The zero-order chi connectivity index (χ0) is 17.8. The van der Waals surface area contributed by atoms with E-state index in [0.717, 1.165) is 24.0 Å². The van der Waals surface area contributed by atoms with Gasteiger partial charge in [-0.2, -0.15) is 11.3 Å². The molecule has 0 spiro atoms. The highest BCUT2D eigenvalue weighted by Gasteiger charge is 2.17. The van der Waals surface area contributed by atoms with Crippen molar-refractivity contribution >= 4 is 37.4 Å². The average molecular weight is 344 g/mol. The molecule has 2 unspecified atom stereocenters. The molecule has 2 aliphatic carbocycles. The molecule has 4 radical (unpaired) electrons. The molecule has 0 bridgehead atoms. The van der Waals surface area contributed by atoms with Crippen LogP contribution in [0.4, 0.5) is 0 Å². The Balaban J connectivity index is 1.65. The molecule has 2 atom stereocenters. The number of allylic oxidation sites excluding steroid dienone is 8. The van der Waals surface area contributed by atoms with E-state index in [1.165, 1.54) is 40.9 Å². The van der Waals surface area contributed by atoms with Crippen LogP contribution in [-0.2, 0) is 0 Å². The minimum absolute atomic E-state index is 0.310. The van der Waals surface area contributed by atoms with Gasteiger partial charge in [0.15, 0.2) is 0 Å². The average Bonchev–Trinajstić information content (AvgIpc) is 3.06. The maximum absolute atomic E-state index is 5.89. The lowest BCUT2D eigenvalue weighted by molar-refractivity contribution is 0.551. The van der Waals surface area contributed by atoms with Crippen molar-refractivity contribution in [3.8, 4) is 0 Å². The summed E-state index contributed by atoms with van der Waals surface area (Å²) in [6.45, 7) is 4.44. The van der Waals surface area contributed by atoms with Gasteiger partial charge in [0.05, 0.1) is 7.85 Å². The van der Waals surface area contributed by atoms with Gasteiger partial charge >= 0.3 is 0 Å². The Bertz CT molecular complexity index is 731. The first kappa shape index (κ1) is 18.6. The Morgan fingerprint density at radius 3 is 2.04 bits per heavy atom. The number of rotatable bonds is 6. The molecule has 0 aliphatic heterocycles. The molecule has 3 heteroatoms. The number of hydrogen-bond acceptors (Lipinski definition) is 1. The predicted octanol–water partition coefficient (Wildman–Crippen LogP) is 5.69. The number of hydrogen-bond donors (Lipinski definition) is 0. The predicted molar refractivity (Wildman–Crippen MR) is 114 cm³/mol. The minimum Gasteiger partial charge on any atom is -0.152 e. The first-order valence-electron chi connectivity index (χ1n) is 9.44. The van der Waals surface area contributed by atoms with Crippen LogP contribution < -0.4 is 4.78 Å². The highest BCUT2D eigenvalue weighted by molar-refractivity contribution is 7.20. The molecule has 25 heavy (non-hydrogen) atoms. The molecule has 0 saturated heterocycles. The quantitative estimate of drug-likeness (QED) is 0.582. The van der Waals surface area contributed by atoms with E-state index >= 15 is 0 Å². The second-order valence-corrected chi connectivity index (χ2v) is 8.59. The van der Waals surface area contributed by atoms with Gasteiger partial charge in [-0.15, -0.1) is 0 Å². The summed E-state index contributed by atoms with van der Waals surface area (Å²) in [5.41, 5.74) is 6.03. The van der Waals surface area contributed by atoms with Crippen molar-refractivity contribution in [1.29, 1.82) is 0 Å². The molecule has 1 heterocycles. The Labute approximate surface area is 159 Å². The molecule has 0 fully saturated rings. The highest BCUT2D eigenvalue weighted by atomic mass is 32.1. The smallest absolute Gasteiger partial charge is 0.128 e. The summed E-state index contributed by atoms with van der Waals surface area (Å²) in [6, 6.07) is 4.14. The Morgan fingerprint density at radius 2 is 1.52 bits per heavy atom. The molecule has 126 valence electrons. The topological polar surface area (TPSA) is 0 Å². The first-order valence-corrected chi connectivity index (χ1v) is 10.3. The van der Waals surface area contributed by atoms with Gasteiger partial charge in [-0.3, -0.25) is 0 Å². The Morgan fingerprint density at radius 1 is 0.880 bits per heavy atom. The summed E-state index contributed by atoms with van der Waals surface area (Å²) < 4.78 is 0.900. The van der Waals surface area contributed by atoms with Gasteiger partial charge in [-0.1, -0.05) is 62.0 Å². The van der Waals surface area contributed by atoms with Crippen molar-refractivity contribution < 1.29 is 0 Å². The van der Waals surface area contributed by atoms with Crippen LogP contribution in [0.15, 0.2) is 53.2 Å². The van der Waals surface area contributed by atoms with E-state index < -0.39 is 0 Å². The van der Waals surface area contributed by atoms with Gasteiger partial charge in [0.25, 0.3) is 0 Å². The van der Waals surface area contributed by atoms with E-state index in [4.69, 9.17) is 15.7 Å². The maximum atomic E-state index is 5.89. The van der Waals surface area contributed by atoms with E-state index in [0.29, 0.717) is 11.7 Å². The van der Waals surface area contributed by atoms with Crippen molar-refractivity contribution in [3.63, 3.8) is 0 Å². The van der Waals surface area contributed by atoms with Crippen molar-refractivity contribution in [2.24, 2.45) is 5.92 Å². The molecular weight excluding hydrogens is 318 g/mol. The largest absolute Gasteiger partial charge is 0.152 e. The van der Waals surface area contributed by atoms with Crippen LogP contribution in [-0.4, -0.2) is 15.7 Å². The SMILES string of the molecule is [B]c1ccc(C2=CC=C(C3=CC=C(C(C)CCC([B])C)CC3)CC2)s1. The summed E-state index contributed by atoms with van der Waals surface area (Å²) in [6.07, 6.45) is 16.3. The van der Waals surface area contributed by atoms with Gasteiger partial charge in [0, 0.05) is 4.88 Å². The van der Waals surface area contributed by atoms with Crippen LogP contribution >= 0.6 is 11.3 Å². The van der Waals surface area contributed by atoms with Crippen LogP contribution in [0.1, 0.15) is 57.2 Å². The molecule has 0 N–H and O–H groups in total. The summed E-state index contributed by atoms with van der Waals surface area (Å²) in [5, 5.41) is 0. The molecule has 0 saturated carbocycles. The van der Waals surface area contributed by atoms with Crippen molar-refractivity contribution in [2.45, 2.75) is 58.2 Å². The normalized spacial score (nSPS) is 20.2. The lowest BCUT2D eigenvalue weighted by atomic mass is 9.79. The summed E-state index contributed by atoms with van der Waals surface area (Å²) in [5.74, 6) is 0.963. The fourth-order valence-electron chi connectivity index (χ4n) is 3.67. The van der Waals surface area contributed by atoms with Gasteiger partial charge < -0.3 is 0 Å². The molecular formula is C22H26B2S. The van der Waals surface area contributed by atoms with Crippen molar-refractivity contribution in [3.05, 3.63) is 58.0 Å². The highest BCUT2D eigenvalue weighted by Crippen LogP contribution is 2.36. The molecule has 2 aliphatic rings. The van der Waals surface area contributed by atoms with E-state index in [1.54, 1.807) is 16.9 Å². The fourth-order valence-corrected chi connectivity index (χ4v) is 4.49. The van der Waals surface area contributed by atoms with Crippen molar-refractivity contribution in [1.82, 2.24) is 0 Å². The number of thiophene rings is 1. The monoisotopic (exact) mass is 344 g/mol. The zero-order valence-corrected chi connectivity index (χ0v) is 16.2. The van der Waals surface area contributed by atoms with Gasteiger partial charge in [-0.25, -0.2) is 0 Å². The van der Waals surface area contributed by atoms with Crippen LogP contribution in [0.5, 0.6) is 0 Å². The van der Waals surface area contributed by atoms with Gasteiger partial charge in [0.2, 0.25) is 0 Å². The Kier molecular flexibility index (Phi) is 6.28. The standard InChI is InChI=1S/C22H26B2S/c1-15(3-4-16(2)23)17-5-7-18(8-6-17)19-9-11-20(12-10-19)21-13-14-22(24)25-21/h5,7,9,11,13-16H,3-4,6,8,10,12H2,1-2H3. The van der Waals surface area contributed by atoms with E-state index in [9.17, 15) is 0 Å². The van der Waals surface area contributed by atoms with Gasteiger partial charge in [-0.05, 0) is 65.6 Å². The second-order valence-electron chi connectivity index (χ2n) is 7.47. The fraction of sp³-hybridized carbons (Fsp3) is 0.455. The van der Waals surface area contributed by atoms with E-state index in [1.807, 2.05) is 6.07 Å². The van der Waals surface area contributed by atoms with Crippen LogP contribution in [0.2, 0.25) is 5.82 Å². The molecule has 0 amide bonds. The minimum atomic E-state index is 0.310. The molecule has 1 aromatic heterocycles. The van der Waals surface area contributed by atoms with Crippen LogP contribution in [0.25, 0.3) is 5.57 Å². The third-order valence-corrected chi connectivity index (χ3v) is 6.36. The zero-order valence-electron chi connectivity index (χ0n) is 15.4. The van der Waals surface area contributed by atoms with E-state index in [2.05, 4.69) is 44.2 Å². The Hall–Kier alpha value is -1.21. The summed E-state index contributed by atoms with van der Waals surface area (Å²) in [4.78, 5) is 1.32. The third kappa shape index (κ3) is 4.91. The summed E-state index contributed by atoms with van der Waals surface area (Å²) >= 11 is 1.69. The van der Waals surface area contributed by atoms with Crippen molar-refractivity contribution in [2.75, 3.05) is 0 Å². The first-order chi connectivity index (χ1) is 12.0. The van der Waals surface area contributed by atoms with Gasteiger partial charge in [0.1, 0.15) is 7.85 Å². The summed E-state index contributed by atoms with van der Waals surface area (Å²) in [7, 11) is 11.8. The molecule has 0 aromatic carbocycles. The lowest BCUT2D eigenvalue weighted by Gasteiger charge is -2.23.